The highest BCUT2D eigenvalue weighted by atomic mass is 32.1. The van der Waals surface area contributed by atoms with Gasteiger partial charge in [0.1, 0.15) is 16.6 Å². The quantitative estimate of drug-likeness (QED) is 0.239. The van der Waals surface area contributed by atoms with Crippen molar-refractivity contribution < 1.29 is 18.7 Å². The normalized spacial score (nSPS) is 17.1. The summed E-state index contributed by atoms with van der Waals surface area (Å²) in [4.78, 5) is 16.2. The van der Waals surface area contributed by atoms with Crippen molar-refractivity contribution in [3.8, 4) is 0 Å². The zero-order valence-electron chi connectivity index (χ0n) is 19.8. The van der Waals surface area contributed by atoms with E-state index in [2.05, 4.69) is 15.6 Å². The van der Waals surface area contributed by atoms with Crippen LogP contribution in [0.3, 0.4) is 0 Å². The second-order valence-corrected chi connectivity index (χ2v) is 9.43. The number of halogens is 2. The van der Waals surface area contributed by atoms with Gasteiger partial charge >= 0.3 is 0 Å². The van der Waals surface area contributed by atoms with Gasteiger partial charge in [-0.1, -0.05) is 49.7 Å². The maximum Gasteiger partial charge on any atom is 0.217 e. The molecule has 188 valence electrons. The largest absolute Gasteiger partial charge is 0.390 e. The van der Waals surface area contributed by atoms with Gasteiger partial charge in [0, 0.05) is 30.6 Å². The molecule has 0 bridgehead atoms. The Hall–Kier alpha value is -2.75. The topological polar surface area (TPSA) is 99.7 Å². The van der Waals surface area contributed by atoms with E-state index in [0.29, 0.717) is 10.6 Å². The van der Waals surface area contributed by atoms with E-state index in [0.717, 1.165) is 49.3 Å². The predicted molar refractivity (Wildman–Crippen MR) is 137 cm³/mol. The SMILES string of the molecule is CC(=O)NC(Cc1cc(F)cc(F)c1)C(O)CNC1(c2cccc(C(=S)N=CN)c2)CCCCC1. The van der Waals surface area contributed by atoms with Crippen LogP contribution < -0.4 is 16.4 Å². The Kier molecular flexibility index (Phi) is 9.42. The van der Waals surface area contributed by atoms with Crippen LogP contribution in [0.4, 0.5) is 8.78 Å². The average Bonchev–Trinajstić information content (AvgIpc) is 2.82. The molecule has 1 saturated carbocycles. The molecule has 5 N–H and O–H groups in total. The molecule has 1 aliphatic carbocycles. The Balaban J connectivity index is 1.81. The molecular weight excluding hydrogens is 470 g/mol. The van der Waals surface area contributed by atoms with Gasteiger partial charge in [0.15, 0.2) is 0 Å². The fourth-order valence-electron chi connectivity index (χ4n) is 4.78. The van der Waals surface area contributed by atoms with Crippen molar-refractivity contribution in [3.63, 3.8) is 0 Å². The fraction of sp³-hybridized carbons (Fsp3) is 0.423. The van der Waals surface area contributed by atoms with Crippen LogP contribution in [-0.2, 0) is 16.8 Å². The van der Waals surface area contributed by atoms with Gasteiger partial charge in [0.2, 0.25) is 5.91 Å². The molecule has 1 aliphatic rings. The minimum atomic E-state index is -0.991. The summed E-state index contributed by atoms with van der Waals surface area (Å²) < 4.78 is 27.4. The standard InChI is InChI=1S/C26H32F2N4O2S/c1-17(33)32-23(12-18-10-21(27)14-22(28)11-18)24(34)15-31-26(8-3-2-4-9-26)20-7-5-6-19(13-20)25(35)30-16-29/h5-7,10-11,13-14,16,23-24,31,34H,2-4,8-9,12,15H2,1H3,(H,32,33)(H2,29,30,35). The van der Waals surface area contributed by atoms with Crippen molar-refractivity contribution in [2.45, 2.75) is 63.1 Å². The molecule has 9 heteroatoms. The first-order valence-electron chi connectivity index (χ1n) is 11.8. The highest BCUT2D eigenvalue weighted by molar-refractivity contribution is 7.80. The molecule has 2 atom stereocenters. The predicted octanol–water partition coefficient (Wildman–Crippen LogP) is 3.48. The summed E-state index contributed by atoms with van der Waals surface area (Å²) in [6.07, 6.45) is 5.19. The summed E-state index contributed by atoms with van der Waals surface area (Å²) in [5, 5.41) is 17.3. The number of aliphatic imine (C=N–C) groups is 1. The first-order chi connectivity index (χ1) is 16.7. The average molecular weight is 503 g/mol. The first-order valence-corrected chi connectivity index (χ1v) is 12.2. The van der Waals surface area contributed by atoms with Crippen molar-refractivity contribution in [1.82, 2.24) is 10.6 Å². The van der Waals surface area contributed by atoms with Crippen LogP contribution in [-0.4, -0.2) is 41.0 Å². The maximum atomic E-state index is 13.7. The maximum absolute atomic E-state index is 13.7. The van der Waals surface area contributed by atoms with Crippen molar-refractivity contribution in [3.05, 3.63) is 70.8 Å². The van der Waals surface area contributed by atoms with E-state index in [1.807, 2.05) is 24.3 Å². The lowest BCUT2D eigenvalue weighted by molar-refractivity contribution is -0.120. The number of thiocarbonyl (C=S) groups is 1. The molecule has 1 amide bonds. The Labute approximate surface area is 210 Å². The second-order valence-electron chi connectivity index (χ2n) is 9.04. The highest BCUT2D eigenvalue weighted by Crippen LogP contribution is 2.37. The molecule has 1 fully saturated rings. The minimum Gasteiger partial charge on any atom is -0.390 e. The van der Waals surface area contributed by atoms with Crippen LogP contribution in [0.5, 0.6) is 0 Å². The lowest BCUT2D eigenvalue weighted by Gasteiger charge is -2.40. The first kappa shape index (κ1) is 26.8. The van der Waals surface area contributed by atoms with Crippen molar-refractivity contribution >= 4 is 29.5 Å². The van der Waals surface area contributed by atoms with Gasteiger partial charge in [-0.3, -0.25) is 4.79 Å². The van der Waals surface area contributed by atoms with E-state index in [1.54, 1.807) is 0 Å². The number of carbonyl (C=O) groups is 1. The molecule has 0 spiro atoms. The molecule has 0 saturated heterocycles. The van der Waals surface area contributed by atoms with E-state index in [1.165, 1.54) is 25.4 Å². The lowest BCUT2D eigenvalue weighted by Crippen LogP contribution is -2.53. The van der Waals surface area contributed by atoms with E-state index in [-0.39, 0.29) is 24.4 Å². The zero-order valence-corrected chi connectivity index (χ0v) is 20.6. The third-order valence-electron chi connectivity index (χ3n) is 6.44. The molecule has 3 rings (SSSR count). The number of aliphatic hydroxyl groups is 1. The van der Waals surface area contributed by atoms with Crippen LogP contribution in [0.25, 0.3) is 0 Å². The molecule has 2 aromatic carbocycles. The number of aliphatic hydroxyl groups excluding tert-OH is 1. The van der Waals surface area contributed by atoms with Gasteiger partial charge in [-0.05, 0) is 48.6 Å². The van der Waals surface area contributed by atoms with Crippen LogP contribution >= 0.6 is 12.2 Å². The fourth-order valence-corrected chi connectivity index (χ4v) is 4.97. The molecule has 2 unspecified atom stereocenters. The number of hydrogen-bond donors (Lipinski definition) is 4. The Morgan fingerprint density at radius 2 is 1.89 bits per heavy atom. The van der Waals surface area contributed by atoms with Crippen molar-refractivity contribution in [2.24, 2.45) is 10.7 Å². The summed E-state index contributed by atoms with van der Waals surface area (Å²) in [6, 6.07) is 10.3. The molecule has 0 radical (unpaired) electrons. The summed E-state index contributed by atoms with van der Waals surface area (Å²) in [6.45, 7) is 1.53. The number of carbonyl (C=O) groups excluding carboxylic acids is 1. The van der Waals surface area contributed by atoms with Gasteiger partial charge in [0.05, 0.1) is 18.5 Å². The number of hydrogen-bond acceptors (Lipinski definition) is 4. The molecule has 35 heavy (non-hydrogen) atoms. The van der Waals surface area contributed by atoms with E-state index in [4.69, 9.17) is 18.0 Å². The smallest absolute Gasteiger partial charge is 0.217 e. The Bertz CT molecular complexity index is 1050. The van der Waals surface area contributed by atoms with E-state index in [9.17, 15) is 18.7 Å². The summed E-state index contributed by atoms with van der Waals surface area (Å²) >= 11 is 5.35. The number of nitrogens with two attached hydrogens (primary N) is 1. The molecular formula is C26H32F2N4O2S. The summed E-state index contributed by atoms with van der Waals surface area (Å²) in [7, 11) is 0. The van der Waals surface area contributed by atoms with Crippen LogP contribution in [0.15, 0.2) is 47.5 Å². The van der Waals surface area contributed by atoms with Gasteiger partial charge in [0.25, 0.3) is 0 Å². The molecule has 6 nitrogen and oxygen atoms in total. The number of benzene rings is 2. The molecule has 0 aromatic heterocycles. The van der Waals surface area contributed by atoms with Crippen molar-refractivity contribution in [2.75, 3.05) is 6.54 Å². The summed E-state index contributed by atoms with van der Waals surface area (Å²) in [5.41, 5.74) is 7.20. The molecule has 0 heterocycles. The summed E-state index contributed by atoms with van der Waals surface area (Å²) in [5.74, 6) is -1.74. The van der Waals surface area contributed by atoms with E-state index >= 15 is 0 Å². The zero-order chi connectivity index (χ0) is 25.4. The monoisotopic (exact) mass is 502 g/mol. The third-order valence-corrected chi connectivity index (χ3v) is 6.78. The second kappa shape index (κ2) is 12.3. The molecule has 2 aromatic rings. The Morgan fingerprint density at radius 3 is 2.51 bits per heavy atom. The van der Waals surface area contributed by atoms with Gasteiger partial charge in [-0.15, -0.1) is 0 Å². The lowest BCUT2D eigenvalue weighted by atomic mass is 9.76. The van der Waals surface area contributed by atoms with Crippen molar-refractivity contribution in [1.29, 1.82) is 0 Å². The van der Waals surface area contributed by atoms with Crippen LogP contribution in [0.1, 0.15) is 55.7 Å². The number of nitrogens with one attached hydrogen (secondary N) is 2. The van der Waals surface area contributed by atoms with Crippen LogP contribution in [0, 0.1) is 11.6 Å². The number of nitrogens with zero attached hydrogens (tertiary/aromatic N) is 1. The molecule has 0 aliphatic heterocycles. The third kappa shape index (κ3) is 7.37. The number of rotatable bonds is 9. The highest BCUT2D eigenvalue weighted by Gasteiger charge is 2.35. The van der Waals surface area contributed by atoms with Gasteiger partial charge < -0.3 is 21.5 Å². The minimum absolute atomic E-state index is 0.0882. The number of amides is 1. The Morgan fingerprint density at radius 1 is 1.20 bits per heavy atom. The van der Waals surface area contributed by atoms with E-state index < -0.39 is 23.8 Å². The van der Waals surface area contributed by atoms with Gasteiger partial charge in [-0.2, -0.15) is 0 Å². The van der Waals surface area contributed by atoms with Gasteiger partial charge in [-0.25, -0.2) is 13.8 Å². The van der Waals surface area contributed by atoms with Crippen LogP contribution in [0.2, 0.25) is 0 Å².